The van der Waals surface area contributed by atoms with Gasteiger partial charge in [-0.3, -0.25) is 24.0 Å². The minimum Gasteiger partial charge on any atom is -2.00 e. The van der Waals surface area contributed by atoms with E-state index >= 15 is 0 Å². The van der Waals surface area contributed by atoms with Gasteiger partial charge < -0.3 is 38.2 Å². The zero-order valence-electron chi connectivity index (χ0n) is 36.2. The molecule has 2 saturated heterocycles. The van der Waals surface area contributed by atoms with Crippen molar-refractivity contribution in [3.63, 3.8) is 0 Å². The highest BCUT2D eigenvalue weighted by molar-refractivity contribution is 7.37. The minimum absolute atomic E-state index is 0. The second kappa shape index (κ2) is 18.4. The Morgan fingerprint density at radius 3 is 2.01 bits per heavy atom. The number of fused-ring (bicyclic) bond motifs is 3. The van der Waals surface area contributed by atoms with Crippen LogP contribution < -0.4 is 9.64 Å². The lowest BCUT2D eigenvalue weighted by Gasteiger charge is -2.37. The Morgan fingerprint density at radius 1 is 0.776 bits per heavy atom. The molecule has 1 saturated carbocycles. The number of aliphatic hydroxyl groups excluding tert-OH is 1. The summed E-state index contributed by atoms with van der Waals surface area (Å²) in [5.41, 5.74) is 10.2. The van der Waals surface area contributed by atoms with E-state index in [4.69, 9.17) is 26.9 Å². The lowest BCUT2D eigenvalue weighted by atomic mass is 9.96. The minimum atomic E-state index is -0.234. The van der Waals surface area contributed by atoms with Gasteiger partial charge in [-0.25, -0.2) is 9.97 Å². The van der Waals surface area contributed by atoms with E-state index in [0.717, 1.165) is 81.9 Å². The number of ether oxygens (including phenoxy) is 1. The highest BCUT2D eigenvalue weighted by Gasteiger charge is 2.32. The molecule has 4 aliphatic rings. The standard InChI is InChI=1S/C34H31N7O3.C15H13ClN6.S/c35-9-11-39-18-24(19-39)41-17-23(16-37-41)30-15-28-26(8-10-36-33(28)38-30)25-2-1-3-31(29(25)20-42)40-12-13-44-32-14-22(21-4-5-21)6-7-27(32)34(40)43;16-13-1-3-18-15-12(13)5-14(20-15)10-6-19-22(7-10)11-8-21(9-11)4-2-17;/h1-3,6-8,10,14-17,21,24,42H,4-5,11-13,18-20H2,(H,36,38);1,3,5-7,11H,4,8-9H2,(H,18,20);/q;;-2. The summed E-state index contributed by atoms with van der Waals surface area (Å²) in [6, 6.07) is 24.5. The van der Waals surface area contributed by atoms with Gasteiger partial charge in [0.05, 0.1) is 90.5 Å². The summed E-state index contributed by atoms with van der Waals surface area (Å²) in [6.45, 7) is 4.79. The first-order valence-corrected chi connectivity index (χ1v) is 22.4. The van der Waals surface area contributed by atoms with Crippen molar-refractivity contribution in [2.45, 2.75) is 37.5 Å². The molecular weight excluding hydrogens is 886 g/mol. The molecule has 2 aromatic carbocycles. The second-order valence-electron chi connectivity index (χ2n) is 17.3. The number of rotatable bonds is 10. The number of hydrogen-bond donors (Lipinski definition) is 3. The molecule has 0 radical (unpaired) electrons. The van der Waals surface area contributed by atoms with E-state index in [1.807, 2.05) is 82.7 Å². The molecule has 1 amide bonds. The smallest absolute Gasteiger partial charge is 0.262 e. The average Bonchev–Trinajstić information content (AvgIpc) is 3.63. The van der Waals surface area contributed by atoms with Gasteiger partial charge in [-0.15, -0.1) is 0 Å². The molecular formula is C49H44ClN13O3S-2. The Kier molecular flexibility index (Phi) is 12.0. The van der Waals surface area contributed by atoms with Crippen molar-refractivity contribution in [1.82, 2.24) is 49.3 Å². The van der Waals surface area contributed by atoms with Crippen LogP contribution in [0.2, 0.25) is 5.02 Å². The molecule has 9 heterocycles. The number of nitriles is 2. The number of carbonyl (C=O) groups excluding carboxylic acids is 1. The normalized spacial score (nSPS) is 16.5. The van der Waals surface area contributed by atoms with Crippen LogP contribution in [0.4, 0.5) is 5.69 Å². The van der Waals surface area contributed by atoms with Crippen molar-refractivity contribution < 1.29 is 14.6 Å². The number of nitrogens with zero attached hydrogens (tertiary/aromatic N) is 11. The maximum Gasteiger partial charge on any atom is 0.262 e. The quantitative estimate of drug-likeness (QED) is 0.116. The summed E-state index contributed by atoms with van der Waals surface area (Å²) in [7, 11) is 0. The zero-order chi connectivity index (χ0) is 44.9. The molecule has 3 fully saturated rings. The molecule has 338 valence electrons. The van der Waals surface area contributed by atoms with Gasteiger partial charge in [-0.05, 0) is 77.9 Å². The SMILES string of the molecule is N#CCN1CC(n2cc(-c3cc4c(-c5cccc(N6CCOc7cc(C8CC8)ccc7C6=O)c5CO)ccnc4[nH]3)cn2)C1.N#CCN1CC(n2cc(-c3cc4c(Cl)ccnc4[nH]3)cn2)C1.[S-2]. The Morgan fingerprint density at radius 2 is 1.40 bits per heavy atom. The molecule has 67 heavy (non-hydrogen) atoms. The largest absolute Gasteiger partial charge is 2.00 e. The lowest BCUT2D eigenvalue weighted by Crippen LogP contribution is -2.47. The number of anilines is 1. The maximum absolute atomic E-state index is 13.9. The van der Waals surface area contributed by atoms with Gasteiger partial charge in [-0.1, -0.05) is 29.8 Å². The van der Waals surface area contributed by atoms with E-state index < -0.39 is 0 Å². The van der Waals surface area contributed by atoms with Crippen molar-refractivity contribution in [2.75, 3.05) is 57.3 Å². The lowest BCUT2D eigenvalue weighted by molar-refractivity contribution is 0.0989. The van der Waals surface area contributed by atoms with Crippen LogP contribution in [0.5, 0.6) is 5.75 Å². The third-order valence-corrected chi connectivity index (χ3v) is 13.4. The first kappa shape index (κ1) is 43.9. The number of aromatic amines is 2. The van der Waals surface area contributed by atoms with Crippen LogP contribution in [0, 0.1) is 22.7 Å². The molecule has 0 unspecified atom stereocenters. The molecule has 8 aromatic rings. The van der Waals surface area contributed by atoms with Crippen LogP contribution in [0.15, 0.2) is 97.8 Å². The van der Waals surface area contributed by atoms with Crippen LogP contribution >= 0.6 is 11.6 Å². The summed E-state index contributed by atoms with van der Waals surface area (Å²) in [6.07, 6.45) is 13.5. The number of halogens is 1. The summed E-state index contributed by atoms with van der Waals surface area (Å²) in [5, 5.41) is 39.8. The van der Waals surface area contributed by atoms with Crippen LogP contribution in [0.1, 0.15) is 52.3 Å². The summed E-state index contributed by atoms with van der Waals surface area (Å²) in [4.78, 5) is 35.4. The van der Waals surface area contributed by atoms with Crippen molar-refractivity contribution in [1.29, 1.82) is 10.5 Å². The molecule has 16 nitrogen and oxygen atoms in total. The third-order valence-electron chi connectivity index (χ3n) is 13.0. The number of benzene rings is 2. The highest BCUT2D eigenvalue weighted by Crippen LogP contribution is 2.43. The van der Waals surface area contributed by atoms with Crippen molar-refractivity contribution in [2.24, 2.45) is 0 Å². The molecule has 18 heteroatoms. The second-order valence-corrected chi connectivity index (χ2v) is 17.7. The van der Waals surface area contributed by atoms with E-state index in [0.29, 0.717) is 65.8 Å². The number of pyridine rings is 2. The molecule has 3 aliphatic heterocycles. The van der Waals surface area contributed by atoms with E-state index in [9.17, 15) is 9.90 Å². The van der Waals surface area contributed by atoms with Crippen molar-refractivity contribution in [3.8, 4) is 51.5 Å². The van der Waals surface area contributed by atoms with Crippen LogP contribution in [-0.4, -0.2) is 113 Å². The van der Waals surface area contributed by atoms with E-state index in [1.165, 1.54) is 18.4 Å². The fourth-order valence-corrected chi connectivity index (χ4v) is 9.47. The molecule has 0 spiro atoms. The summed E-state index contributed by atoms with van der Waals surface area (Å²) >= 11 is 6.18. The molecule has 1 aliphatic carbocycles. The Labute approximate surface area is 397 Å². The van der Waals surface area contributed by atoms with E-state index in [1.54, 1.807) is 23.4 Å². The number of aliphatic hydroxyl groups is 1. The number of carbonyl (C=O) groups is 1. The maximum atomic E-state index is 13.9. The van der Waals surface area contributed by atoms with Gasteiger partial charge in [-0.2, -0.15) is 20.7 Å². The summed E-state index contributed by atoms with van der Waals surface area (Å²) in [5.74, 6) is 1.08. The van der Waals surface area contributed by atoms with Gasteiger partial charge in [0.15, 0.2) is 0 Å². The Balaban J connectivity index is 0.000000192. The Hall–Kier alpha value is -6.99. The van der Waals surface area contributed by atoms with Crippen LogP contribution in [0.3, 0.4) is 0 Å². The van der Waals surface area contributed by atoms with Crippen molar-refractivity contribution >= 4 is 58.8 Å². The fourth-order valence-electron chi connectivity index (χ4n) is 9.27. The number of aromatic nitrogens is 8. The molecule has 12 rings (SSSR count). The van der Waals surface area contributed by atoms with Gasteiger partial charge in [0.1, 0.15) is 23.7 Å². The van der Waals surface area contributed by atoms with Crippen LogP contribution in [-0.2, 0) is 20.1 Å². The van der Waals surface area contributed by atoms with Crippen LogP contribution in [0.25, 0.3) is 55.7 Å². The molecule has 0 atom stereocenters. The third kappa shape index (κ3) is 8.41. The van der Waals surface area contributed by atoms with Gasteiger partial charge in [0.2, 0.25) is 0 Å². The predicted molar refractivity (Wildman–Crippen MR) is 256 cm³/mol. The van der Waals surface area contributed by atoms with E-state index in [-0.39, 0.29) is 32.1 Å². The predicted octanol–water partition coefficient (Wildman–Crippen LogP) is 7.34. The molecule has 3 N–H and O–H groups in total. The first-order chi connectivity index (χ1) is 32.3. The number of nitrogens with one attached hydrogen (secondary N) is 2. The summed E-state index contributed by atoms with van der Waals surface area (Å²) < 4.78 is 9.99. The number of H-pyrrole nitrogens is 2. The molecule has 0 bridgehead atoms. The molecule has 6 aromatic heterocycles. The average molecular weight is 930 g/mol. The van der Waals surface area contributed by atoms with Gasteiger partial charge in [0, 0.05) is 78.4 Å². The topological polar surface area (TPSA) is 197 Å². The monoisotopic (exact) mass is 929 g/mol. The number of likely N-dealkylation sites (tertiary alicyclic amines) is 2. The Bertz CT molecular complexity index is 3220. The first-order valence-electron chi connectivity index (χ1n) is 22.1. The number of amides is 1. The highest BCUT2D eigenvalue weighted by atomic mass is 35.5. The van der Waals surface area contributed by atoms with E-state index in [2.05, 4.69) is 58.1 Å². The van der Waals surface area contributed by atoms with Gasteiger partial charge in [0.25, 0.3) is 5.91 Å². The van der Waals surface area contributed by atoms with Crippen molar-refractivity contribution in [3.05, 3.63) is 120 Å². The van der Waals surface area contributed by atoms with Gasteiger partial charge >= 0.3 is 0 Å². The number of hydrogen-bond acceptors (Lipinski definition) is 11. The zero-order valence-corrected chi connectivity index (χ0v) is 37.8. The fraction of sp³-hybridized carbons (Fsp3) is 0.286.